The minimum Gasteiger partial charge on any atom is -0.494 e. The minimum absolute atomic E-state index is 0.0873. The molecule has 0 unspecified atom stereocenters. The Balaban J connectivity index is 1.45. The Morgan fingerprint density at radius 1 is 1.20 bits per heavy atom. The molecular weight excluding hydrogens is 446 g/mol. The molecule has 6 nitrogen and oxygen atoms in total. The number of hydrogen-bond acceptors (Lipinski definition) is 4. The van der Waals surface area contributed by atoms with Gasteiger partial charge < -0.3 is 10.1 Å². The van der Waals surface area contributed by atoms with Gasteiger partial charge in [-0.3, -0.25) is 14.2 Å². The first-order valence-electron chi connectivity index (χ1n) is 10.2. The third kappa shape index (κ3) is 6.16. The molecule has 1 heterocycles. The predicted octanol–water partition coefficient (Wildman–Crippen LogP) is 4.09. The van der Waals surface area contributed by atoms with Crippen LogP contribution in [0.25, 0.3) is 10.9 Å². The molecule has 0 bridgehead atoms. The van der Waals surface area contributed by atoms with Crippen LogP contribution in [0.1, 0.15) is 31.7 Å². The van der Waals surface area contributed by atoms with E-state index in [4.69, 9.17) is 4.74 Å². The van der Waals surface area contributed by atoms with Gasteiger partial charge in [0.2, 0.25) is 5.91 Å². The van der Waals surface area contributed by atoms with Crippen LogP contribution in [0, 0.1) is 0 Å². The molecule has 0 saturated carbocycles. The van der Waals surface area contributed by atoms with E-state index in [1.807, 2.05) is 30.3 Å². The Kier molecular flexibility index (Phi) is 8.02. The number of halogens is 1. The van der Waals surface area contributed by atoms with Crippen molar-refractivity contribution in [3.63, 3.8) is 0 Å². The first-order valence-corrected chi connectivity index (χ1v) is 11.0. The summed E-state index contributed by atoms with van der Waals surface area (Å²) in [6.07, 6.45) is 4.63. The number of aryl methyl sites for hydroxylation is 1. The number of ether oxygens (including phenoxy) is 1. The van der Waals surface area contributed by atoms with E-state index in [0.29, 0.717) is 24.0 Å². The highest BCUT2D eigenvalue weighted by molar-refractivity contribution is 9.10. The van der Waals surface area contributed by atoms with E-state index in [-0.39, 0.29) is 17.9 Å². The number of aromatic nitrogens is 2. The van der Waals surface area contributed by atoms with Gasteiger partial charge >= 0.3 is 0 Å². The molecule has 0 radical (unpaired) electrons. The Bertz CT molecular complexity index is 1050. The third-order valence-corrected chi connectivity index (χ3v) is 5.28. The molecule has 30 heavy (non-hydrogen) atoms. The van der Waals surface area contributed by atoms with Gasteiger partial charge in [-0.25, -0.2) is 4.98 Å². The number of hydrogen-bond donors (Lipinski definition) is 1. The van der Waals surface area contributed by atoms with E-state index in [1.165, 1.54) is 10.9 Å². The van der Waals surface area contributed by atoms with Crippen LogP contribution in [-0.4, -0.2) is 28.6 Å². The SMILES string of the molecule is CCCCOc1ccc(CCNC(=O)CCn2cnc3ccc(Br)cc3c2=O)cc1. The molecule has 0 aliphatic rings. The largest absolute Gasteiger partial charge is 0.494 e. The fourth-order valence-corrected chi connectivity index (χ4v) is 3.39. The van der Waals surface area contributed by atoms with Gasteiger partial charge in [0.15, 0.2) is 0 Å². The van der Waals surface area contributed by atoms with Gasteiger partial charge in [0.1, 0.15) is 5.75 Å². The molecule has 3 aromatic rings. The van der Waals surface area contributed by atoms with Gasteiger partial charge in [-0.2, -0.15) is 0 Å². The minimum atomic E-state index is -0.143. The standard InChI is InChI=1S/C23H26BrN3O3/c1-2-3-14-30-19-7-4-17(5-8-19)10-12-25-22(28)11-13-27-16-26-21-9-6-18(24)15-20(21)23(27)29/h4-9,15-16H,2-3,10-14H2,1H3,(H,25,28). The maximum absolute atomic E-state index is 12.6. The van der Waals surface area contributed by atoms with Crippen molar-refractivity contribution in [2.75, 3.05) is 13.2 Å². The maximum Gasteiger partial charge on any atom is 0.261 e. The molecule has 0 atom stereocenters. The van der Waals surface area contributed by atoms with Gasteiger partial charge in [0, 0.05) is 24.0 Å². The zero-order chi connectivity index (χ0) is 21.3. The summed E-state index contributed by atoms with van der Waals surface area (Å²) < 4.78 is 7.96. The summed E-state index contributed by atoms with van der Waals surface area (Å²) in [5.74, 6) is 0.786. The highest BCUT2D eigenvalue weighted by Crippen LogP contribution is 2.15. The molecule has 3 rings (SSSR count). The second kappa shape index (κ2) is 10.9. The number of unbranched alkanes of at least 4 members (excludes halogenated alkanes) is 1. The molecular formula is C23H26BrN3O3. The molecule has 0 fully saturated rings. The van der Waals surface area contributed by atoms with Crippen molar-refractivity contribution in [1.29, 1.82) is 0 Å². The van der Waals surface area contributed by atoms with Crippen molar-refractivity contribution in [2.45, 2.75) is 39.2 Å². The van der Waals surface area contributed by atoms with E-state index in [2.05, 4.69) is 33.2 Å². The van der Waals surface area contributed by atoms with Crippen molar-refractivity contribution in [1.82, 2.24) is 14.9 Å². The lowest BCUT2D eigenvalue weighted by molar-refractivity contribution is -0.121. The van der Waals surface area contributed by atoms with E-state index in [9.17, 15) is 9.59 Å². The average molecular weight is 472 g/mol. The molecule has 0 aliphatic carbocycles. The molecule has 0 saturated heterocycles. The zero-order valence-electron chi connectivity index (χ0n) is 17.1. The third-order valence-electron chi connectivity index (χ3n) is 4.79. The van der Waals surface area contributed by atoms with Crippen LogP contribution in [0.5, 0.6) is 5.75 Å². The number of amides is 1. The van der Waals surface area contributed by atoms with E-state index >= 15 is 0 Å². The van der Waals surface area contributed by atoms with Crippen LogP contribution >= 0.6 is 15.9 Å². The summed E-state index contributed by atoms with van der Waals surface area (Å²) in [6, 6.07) is 13.4. The molecule has 0 spiro atoms. The number of fused-ring (bicyclic) bond motifs is 1. The molecule has 0 aliphatic heterocycles. The molecule has 2 aromatic carbocycles. The van der Waals surface area contributed by atoms with Crippen LogP contribution in [0.3, 0.4) is 0 Å². The van der Waals surface area contributed by atoms with Gasteiger partial charge in [-0.15, -0.1) is 0 Å². The zero-order valence-corrected chi connectivity index (χ0v) is 18.7. The number of nitrogens with zero attached hydrogens (tertiary/aromatic N) is 2. The lowest BCUT2D eigenvalue weighted by atomic mass is 10.1. The monoisotopic (exact) mass is 471 g/mol. The smallest absolute Gasteiger partial charge is 0.261 e. The van der Waals surface area contributed by atoms with Crippen molar-refractivity contribution < 1.29 is 9.53 Å². The number of carbonyl (C=O) groups is 1. The van der Waals surface area contributed by atoms with Crippen LogP contribution in [0.15, 0.2) is 58.1 Å². The molecule has 1 N–H and O–H groups in total. The van der Waals surface area contributed by atoms with Gasteiger partial charge in [0.05, 0.1) is 23.8 Å². The van der Waals surface area contributed by atoms with Crippen LogP contribution in [0.4, 0.5) is 0 Å². The second-order valence-electron chi connectivity index (χ2n) is 7.10. The topological polar surface area (TPSA) is 73.2 Å². The Morgan fingerprint density at radius 3 is 2.77 bits per heavy atom. The first kappa shape index (κ1) is 22.0. The van der Waals surface area contributed by atoms with Crippen LogP contribution in [0.2, 0.25) is 0 Å². The number of rotatable bonds is 10. The van der Waals surface area contributed by atoms with Crippen molar-refractivity contribution in [3.05, 3.63) is 69.2 Å². The Morgan fingerprint density at radius 2 is 2.00 bits per heavy atom. The highest BCUT2D eigenvalue weighted by atomic mass is 79.9. The predicted molar refractivity (Wildman–Crippen MR) is 122 cm³/mol. The summed E-state index contributed by atoms with van der Waals surface area (Å²) in [6.45, 7) is 3.71. The molecule has 7 heteroatoms. The van der Waals surface area contributed by atoms with Gasteiger partial charge in [0.25, 0.3) is 5.56 Å². The molecule has 1 aromatic heterocycles. The summed E-state index contributed by atoms with van der Waals surface area (Å²) >= 11 is 3.37. The van der Waals surface area contributed by atoms with Crippen LogP contribution < -0.4 is 15.6 Å². The Labute approximate surface area is 184 Å². The Hall–Kier alpha value is -2.67. The van der Waals surface area contributed by atoms with E-state index in [0.717, 1.165) is 41.7 Å². The maximum atomic E-state index is 12.6. The lowest BCUT2D eigenvalue weighted by Gasteiger charge is -2.09. The van der Waals surface area contributed by atoms with Crippen molar-refractivity contribution >= 4 is 32.7 Å². The van der Waals surface area contributed by atoms with Crippen LogP contribution in [-0.2, 0) is 17.8 Å². The van der Waals surface area contributed by atoms with E-state index < -0.39 is 0 Å². The summed E-state index contributed by atoms with van der Waals surface area (Å²) in [5, 5.41) is 3.45. The number of benzene rings is 2. The lowest BCUT2D eigenvalue weighted by Crippen LogP contribution is -2.29. The van der Waals surface area contributed by atoms with Crippen molar-refractivity contribution in [3.8, 4) is 5.75 Å². The highest BCUT2D eigenvalue weighted by Gasteiger charge is 2.07. The fourth-order valence-electron chi connectivity index (χ4n) is 3.03. The first-order chi connectivity index (χ1) is 14.6. The summed E-state index contributed by atoms with van der Waals surface area (Å²) in [5.41, 5.74) is 1.64. The van der Waals surface area contributed by atoms with Gasteiger partial charge in [-0.05, 0) is 48.7 Å². The second-order valence-corrected chi connectivity index (χ2v) is 8.02. The number of carbonyl (C=O) groups excluding carboxylic acids is 1. The van der Waals surface area contributed by atoms with Crippen molar-refractivity contribution in [2.24, 2.45) is 0 Å². The van der Waals surface area contributed by atoms with Gasteiger partial charge in [-0.1, -0.05) is 41.4 Å². The molecule has 1 amide bonds. The number of nitrogens with one attached hydrogen (secondary N) is 1. The van der Waals surface area contributed by atoms with E-state index in [1.54, 1.807) is 12.1 Å². The summed E-state index contributed by atoms with van der Waals surface area (Å²) in [7, 11) is 0. The quantitative estimate of drug-likeness (QED) is 0.452. The molecule has 158 valence electrons. The summed E-state index contributed by atoms with van der Waals surface area (Å²) in [4.78, 5) is 29.0. The normalized spacial score (nSPS) is 10.9. The average Bonchev–Trinajstić information content (AvgIpc) is 2.75. The fraction of sp³-hybridized carbons (Fsp3) is 0.348.